The summed E-state index contributed by atoms with van der Waals surface area (Å²) in [4.78, 5) is 0. The molecule has 0 bridgehead atoms. The second kappa shape index (κ2) is 5.25. The summed E-state index contributed by atoms with van der Waals surface area (Å²) >= 11 is 0. The van der Waals surface area contributed by atoms with Gasteiger partial charge in [0.05, 0.1) is 0 Å². The van der Waals surface area contributed by atoms with E-state index in [4.69, 9.17) is 4.42 Å². The maximum atomic E-state index is 6.20. The highest BCUT2D eigenvalue weighted by Gasteiger charge is 2.16. The van der Waals surface area contributed by atoms with Gasteiger partial charge in [-0.1, -0.05) is 59.7 Å². The molecule has 2 aromatic carbocycles. The Bertz CT molecular complexity index is 693. The third-order valence-corrected chi connectivity index (χ3v) is 4.08. The normalized spacial score (nSPS) is 10.9. The quantitative estimate of drug-likeness (QED) is 0.572. The molecular weight excluding hydrogens is 256 g/mol. The van der Waals surface area contributed by atoms with Crippen molar-refractivity contribution in [1.29, 1.82) is 0 Å². The Morgan fingerprint density at radius 3 is 1.19 bits per heavy atom. The van der Waals surface area contributed by atoms with Gasteiger partial charge in [-0.3, -0.25) is 0 Å². The van der Waals surface area contributed by atoms with Crippen molar-refractivity contribution in [2.24, 2.45) is 0 Å². The first kappa shape index (κ1) is 13.7. The predicted octanol–water partition coefficient (Wildman–Crippen LogP) is 5.85. The summed E-state index contributed by atoms with van der Waals surface area (Å²) in [7, 11) is 0. The molecule has 1 heterocycles. The van der Waals surface area contributed by atoms with Crippen LogP contribution in [-0.4, -0.2) is 0 Å². The van der Waals surface area contributed by atoms with Crippen LogP contribution in [0.5, 0.6) is 0 Å². The van der Waals surface area contributed by atoms with Crippen LogP contribution in [0.4, 0.5) is 0 Å². The summed E-state index contributed by atoms with van der Waals surface area (Å²) in [6.07, 6.45) is 0. The van der Waals surface area contributed by atoms with Crippen LogP contribution in [0.15, 0.2) is 52.9 Å². The first-order valence-electron chi connectivity index (χ1n) is 7.30. The average Bonchev–Trinajstić information content (AvgIpc) is 2.78. The molecule has 1 heteroatoms. The zero-order chi connectivity index (χ0) is 15.0. The predicted molar refractivity (Wildman–Crippen MR) is 88.5 cm³/mol. The lowest BCUT2D eigenvalue weighted by Gasteiger charge is -2.01. The van der Waals surface area contributed by atoms with Crippen molar-refractivity contribution in [2.45, 2.75) is 27.7 Å². The van der Waals surface area contributed by atoms with E-state index in [0.29, 0.717) is 0 Å². The van der Waals surface area contributed by atoms with Crippen LogP contribution in [0.1, 0.15) is 22.3 Å². The number of furan rings is 1. The van der Waals surface area contributed by atoms with Crippen molar-refractivity contribution in [2.75, 3.05) is 0 Å². The molecule has 0 aliphatic heterocycles. The molecule has 21 heavy (non-hydrogen) atoms. The van der Waals surface area contributed by atoms with Crippen molar-refractivity contribution < 1.29 is 4.42 Å². The second-order valence-corrected chi connectivity index (χ2v) is 5.74. The Morgan fingerprint density at radius 1 is 0.524 bits per heavy atom. The number of rotatable bonds is 2. The van der Waals surface area contributed by atoms with E-state index in [1.54, 1.807) is 0 Å². The van der Waals surface area contributed by atoms with Gasteiger partial charge in [-0.15, -0.1) is 0 Å². The van der Waals surface area contributed by atoms with Crippen molar-refractivity contribution >= 4 is 0 Å². The molecule has 0 amide bonds. The molecule has 0 aliphatic carbocycles. The van der Waals surface area contributed by atoms with E-state index >= 15 is 0 Å². The maximum Gasteiger partial charge on any atom is 0.137 e. The maximum absolute atomic E-state index is 6.20. The molecule has 106 valence electrons. The molecule has 0 atom stereocenters. The van der Waals surface area contributed by atoms with E-state index in [1.165, 1.54) is 22.3 Å². The Labute approximate surface area is 126 Å². The summed E-state index contributed by atoms with van der Waals surface area (Å²) in [6, 6.07) is 17.0. The Hall–Kier alpha value is -2.28. The molecule has 3 aromatic rings. The SMILES string of the molecule is Cc1ccc(-c2oc(-c3ccc(C)cc3)c(C)c2C)cc1. The number of aryl methyl sites for hydroxylation is 2. The van der Waals surface area contributed by atoms with Crippen LogP contribution in [0.3, 0.4) is 0 Å². The van der Waals surface area contributed by atoms with Gasteiger partial charge in [0, 0.05) is 11.1 Å². The number of hydrogen-bond donors (Lipinski definition) is 0. The van der Waals surface area contributed by atoms with E-state index in [1.807, 2.05) is 0 Å². The fraction of sp³-hybridized carbons (Fsp3) is 0.200. The lowest BCUT2D eigenvalue weighted by atomic mass is 10.0. The minimum Gasteiger partial charge on any atom is -0.456 e. The average molecular weight is 276 g/mol. The minimum atomic E-state index is 0.975. The van der Waals surface area contributed by atoms with Gasteiger partial charge in [0.25, 0.3) is 0 Å². The molecule has 0 radical (unpaired) electrons. The van der Waals surface area contributed by atoms with Gasteiger partial charge in [0.2, 0.25) is 0 Å². The van der Waals surface area contributed by atoms with Gasteiger partial charge >= 0.3 is 0 Å². The lowest BCUT2D eigenvalue weighted by Crippen LogP contribution is -1.80. The Balaban J connectivity index is 2.11. The highest BCUT2D eigenvalue weighted by molar-refractivity contribution is 5.72. The van der Waals surface area contributed by atoms with Gasteiger partial charge in [0.15, 0.2) is 0 Å². The summed E-state index contributed by atoms with van der Waals surface area (Å²) in [6.45, 7) is 8.46. The van der Waals surface area contributed by atoms with Crippen LogP contribution < -0.4 is 0 Å². The smallest absolute Gasteiger partial charge is 0.137 e. The van der Waals surface area contributed by atoms with Crippen molar-refractivity contribution in [1.82, 2.24) is 0 Å². The molecule has 0 unspecified atom stereocenters. The molecule has 0 fully saturated rings. The number of hydrogen-bond acceptors (Lipinski definition) is 1. The van der Waals surface area contributed by atoms with E-state index in [9.17, 15) is 0 Å². The van der Waals surface area contributed by atoms with Crippen LogP contribution in [0, 0.1) is 27.7 Å². The van der Waals surface area contributed by atoms with E-state index < -0.39 is 0 Å². The zero-order valence-corrected chi connectivity index (χ0v) is 13.0. The van der Waals surface area contributed by atoms with Gasteiger partial charge in [-0.2, -0.15) is 0 Å². The summed E-state index contributed by atoms with van der Waals surface area (Å²) in [5.41, 5.74) is 7.24. The van der Waals surface area contributed by atoms with Crippen LogP contribution in [0.2, 0.25) is 0 Å². The molecule has 0 saturated carbocycles. The monoisotopic (exact) mass is 276 g/mol. The molecule has 1 aromatic heterocycles. The van der Waals surface area contributed by atoms with Crippen molar-refractivity contribution in [3.05, 3.63) is 70.8 Å². The minimum absolute atomic E-state index is 0.975. The topological polar surface area (TPSA) is 13.1 Å². The van der Waals surface area contributed by atoms with Gasteiger partial charge in [0.1, 0.15) is 11.5 Å². The number of benzene rings is 2. The molecule has 0 spiro atoms. The molecule has 0 saturated heterocycles. The van der Waals surface area contributed by atoms with E-state index in [2.05, 4.69) is 76.2 Å². The van der Waals surface area contributed by atoms with Gasteiger partial charge in [-0.05, 0) is 38.8 Å². The van der Waals surface area contributed by atoms with E-state index in [-0.39, 0.29) is 0 Å². The molecular formula is C20H20O. The zero-order valence-electron chi connectivity index (χ0n) is 13.0. The lowest BCUT2D eigenvalue weighted by molar-refractivity contribution is 0.594. The van der Waals surface area contributed by atoms with Crippen LogP contribution in [0.25, 0.3) is 22.6 Å². The molecule has 1 nitrogen and oxygen atoms in total. The van der Waals surface area contributed by atoms with Gasteiger partial charge in [-0.25, -0.2) is 0 Å². The third-order valence-electron chi connectivity index (χ3n) is 4.08. The molecule has 3 rings (SSSR count). The highest BCUT2D eigenvalue weighted by atomic mass is 16.3. The van der Waals surface area contributed by atoms with Crippen LogP contribution >= 0.6 is 0 Å². The third kappa shape index (κ3) is 2.52. The summed E-state index contributed by atoms with van der Waals surface area (Å²) < 4.78 is 6.20. The molecule has 0 N–H and O–H groups in total. The van der Waals surface area contributed by atoms with Crippen molar-refractivity contribution in [3.8, 4) is 22.6 Å². The summed E-state index contributed by atoms with van der Waals surface area (Å²) in [5, 5.41) is 0. The summed E-state index contributed by atoms with van der Waals surface area (Å²) in [5.74, 6) is 1.95. The van der Waals surface area contributed by atoms with Gasteiger partial charge < -0.3 is 4.42 Å². The van der Waals surface area contributed by atoms with E-state index in [0.717, 1.165) is 22.6 Å². The Morgan fingerprint density at radius 2 is 0.857 bits per heavy atom. The fourth-order valence-electron chi connectivity index (χ4n) is 2.56. The standard InChI is InChI=1S/C20H20O/c1-13-5-9-17(10-6-13)19-15(3)16(4)20(21-19)18-11-7-14(2)8-12-18/h5-12H,1-4H3. The Kier molecular flexibility index (Phi) is 3.42. The van der Waals surface area contributed by atoms with Crippen LogP contribution in [-0.2, 0) is 0 Å². The fourth-order valence-corrected chi connectivity index (χ4v) is 2.56. The second-order valence-electron chi connectivity index (χ2n) is 5.74. The highest BCUT2D eigenvalue weighted by Crippen LogP contribution is 2.36. The largest absolute Gasteiger partial charge is 0.456 e. The van der Waals surface area contributed by atoms with Crippen molar-refractivity contribution in [3.63, 3.8) is 0 Å². The first-order valence-corrected chi connectivity index (χ1v) is 7.30. The first-order chi connectivity index (χ1) is 10.1. The molecule has 0 aliphatic rings.